The van der Waals surface area contributed by atoms with E-state index in [0.717, 1.165) is 31.3 Å². The third kappa shape index (κ3) is 3.64. The molecule has 21 heavy (non-hydrogen) atoms. The lowest BCUT2D eigenvalue weighted by atomic mass is 9.99. The molecular formula is C16H27N3O2. The number of hydrogen-bond acceptors (Lipinski definition) is 5. The van der Waals surface area contributed by atoms with Crippen LogP contribution in [0.4, 0.5) is 0 Å². The van der Waals surface area contributed by atoms with Crippen molar-refractivity contribution in [2.24, 2.45) is 0 Å². The Morgan fingerprint density at radius 2 is 1.95 bits per heavy atom. The number of nitrogens with one attached hydrogen (secondary N) is 1. The number of rotatable bonds is 5. The molecule has 0 aromatic carbocycles. The lowest BCUT2D eigenvalue weighted by Gasteiger charge is -2.15. The molecular weight excluding hydrogens is 266 g/mol. The normalized spacial score (nSPS) is 27.9. The van der Waals surface area contributed by atoms with E-state index < -0.39 is 0 Å². The first-order valence-electron chi connectivity index (χ1n) is 8.53. The molecule has 2 atom stereocenters. The lowest BCUT2D eigenvalue weighted by Crippen LogP contribution is -2.35. The molecule has 3 rings (SSSR count). The van der Waals surface area contributed by atoms with E-state index in [9.17, 15) is 0 Å². The maximum Gasteiger partial charge on any atom is 0.233 e. The second kappa shape index (κ2) is 7.36. The van der Waals surface area contributed by atoms with Gasteiger partial charge in [0.2, 0.25) is 5.89 Å². The molecule has 0 amide bonds. The summed E-state index contributed by atoms with van der Waals surface area (Å²) in [5.74, 6) is 2.39. The van der Waals surface area contributed by atoms with E-state index in [1.165, 1.54) is 38.5 Å². The van der Waals surface area contributed by atoms with Crippen LogP contribution in [0.25, 0.3) is 0 Å². The molecule has 1 N–H and O–H groups in total. The van der Waals surface area contributed by atoms with Crippen LogP contribution in [-0.2, 0) is 4.74 Å². The summed E-state index contributed by atoms with van der Waals surface area (Å²) in [5, 5.41) is 7.80. The van der Waals surface area contributed by atoms with Crippen LogP contribution in [0.15, 0.2) is 4.52 Å². The third-order valence-corrected chi connectivity index (χ3v) is 4.73. The molecule has 2 aliphatic rings. The molecule has 1 saturated heterocycles. The standard InChI is InChI=1S/C16H27N3O2/c1-2-9-17-14-11-20-10-13(14)16-18-15(19-21-16)12-7-5-3-4-6-8-12/h12-14,17H,2-11H2,1H3. The molecule has 1 aromatic rings. The van der Waals surface area contributed by atoms with Crippen LogP contribution < -0.4 is 5.32 Å². The van der Waals surface area contributed by atoms with Gasteiger partial charge in [-0.05, 0) is 25.8 Å². The minimum absolute atomic E-state index is 0.212. The van der Waals surface area contributed by atoms with Crippen LogP contribution in [-0.4, -0.2) is 35.9 Å². The highest BCUT2D eigenvalue weighted by molar-refractivity contribution is 5.05. The van der Waals surface area contributed by atoms with Crippen molar-refractivity contribution in [2.75, 3.05) is 19.8 Å². The third-order valence-electron chi connectivity index (χ3n) is 4.73. The fourth-order valence-electron chi connectivity index (χ4n) is 3.43. The first-order valence-corrected chi connectivity index (χ1v) is 8.53. The molecule has 0 spiro atoms. The van der Waals surface area contributed by atoms with E-state index in [0.29, 0.717) is 18.6 Å². The van der Waals surface area contributed by atoms with Gasteiger partial charge in [0, 0.05) is 12.0 Å². The SMILES string of the molecule is CCCNC1COCC1c1nc(C2CCCCCC2)no1. The van der Waals surface area contributed by atoms with Gasteiger partial charge < -0.3 is 14.6 Å². The zero-order valence-electron chi connectivity index (χ0n) is 13.0. The Labute approximate surface area is 126 Å². The Morgan fingerprint density at radius 3 is 2.71 bits per heavy atom. The summed E-state index contributed by atoms with van der Waals surface area (Å²) in [6.07, 6.45) is 8.82. The summed E-state index contributed by atoms with van der Waals surface area (Å²) >= 11 is 0. The minimum Gasteiger partial charge on any atom is -0.379 e. The number of ether oxygens (including phenoxy) is 1. The van der Waals surface area contributed by atoms with Gasteiger partial charge in [-0.25, -0.2) is 0 Å². The number of nitrogens with zero attached hydrogens (tertiary/aromatic N) is 2. The van der Waals surface area contributed by atoms with Crippen molar-refractivity contribution < 1.29 is 9.26 Å². The van der Waals surface area contributed by atoms with Crippen molar-refractivity contribution in [3.8, 4) is 0 Å². The van der Waals surface area contributed by atoms with Gasteiger partial charge >= 0.3 is 0 Å². The van der Waals surface area contributed by atoms with E-state index >= 15 is 0 Å². The van der Waals surface area contributed by atoms with Gasteiger partial charge in [0.1, 0.15) is 0 Å². The van der Waals surface area contributed by atoms with Crippen molar-refractivity contribution >= 4 is 0 Å². The Balaban J connectivity index is 1.65. The van der Waals surface area contributed by atoms with Gasteiger partial charge in [0.25, 0.3) is 0 Å². The Morgan fingerprint density at radius 1 is 1.14 bits per heavy atom. The topological polar surface area (TPSA) is 60.2 Å². The number of hydrogen-bond donors (Lipinski definition) is 1. The molecule has 5 nitrogen and oxygen atoms in total. The van der Waals surface area contributed by atoms with Crippen molar-refractivity contribution in [3.05, 3.63) is 11.7 Å². The molecule has 1 aromatic heterocycles. The predicted molar refractivity (Wildman–Crippen MR) is 80.4 cm³/mol. The number of aromatic nitrogens is 2. The van der Waals surface area contributed by atoms with Gasteiger partial charge in [0.15, 0.2) is 5.82 Å². The van der Waals surface area contributed by atoms with Crippen LogP contribution in [0.3, 0.4) is 0 Å². The Kier molecular flexibility index (Phi) is 5.25. The summed E-state index contributed by atoms with van der Waals surface area (Å²) in [6, 6.07) is 0.312. The highest BCUT2D eigenvalue weighted by atomic mass is 16.5. The van der Waals surface area contributed by atoms with Gasteiger partial charge in [-0.3, -0.25) is 0 Å². The molecule has 1 aliphatic heterocycles. The molecule has 118 valence electrons. The first kappa shape index (κ1) is 15.0. The lowest BCUT2D eigenvalue weighted by molar-refractivity contribution is 0.184. The Bertz CT molecular complexity index is 427. The first-order chi connectivity index (χ1) is 10.4. The monoisotopic (exact) mass is 293 g/mol. The summed E-state index contributed by atoms with van der Waals surface area (Å²) < 4.78 is 11.2. The fraction of sp³-hybridized carbons (Fsp3) is 0.875. The zero-order chi connectivity index (χ0) is 14.5. The van der Waals surface area contributed by atoms with Gasteiger partial charge in [-0.1, -0.05) is 37.8 Å². The van der Waals surface area contributed by atoms with Gasteiger partial charge in [0.05, 0.1) is 19.1 Å². The molecule has 2 fully saturated rings. The van der Waals surface area contributed by atoms with Crippen LogP contribution in [0.5, 0.6) is 0 Å². The maximum atomic E-state index is 5.61. The second-order valence-corrected chi connectivity index (χ2v) is 6.38. The van der Waals surface area contributed by atoms with Crippen LogP contribution in [0, 0.1) is 0 Å². The quantitative estimate of drug-likeness (QED) is 0.846. The average molecular weight is 293 g/mol. The van der Waals surface area contributed by atoms with Crippen LogP contribution >= 0.6 is 0 Å². The molecule has 2 unspecified atom stereocenters. The molecule has 1 aliphatic carbocycles. The highest BCUT2D eigenvalue weighted by Crippen LogP contribution is 2.32. The van der Waals surface area contributed by atoms with Gasteiger partial charge in [-0.15, -0.1) is 0 Å². The predicted octanol–water partition coefficient (Wildman–Crippen LogP) is 2.99. The van der Waals surface area contributed by atoms with E-state index in [-0.39, 0.29) is 5.92 Å². The average Bonchev–Trinajstić information content (AvgIpc) is 3.08. The van der Waals surface area contributed by atoms with E-state index in [2.05, 4.69) is 17.4 Å². The highest BCUT2D eigenvalue weighted by Gasteiger charge is 2.34. The van der Waals surface area contributed by atoms with E-state index in [1.54, 1.807) is 0 Å². The van der Waals surface area contributed by atoms with Crippen molar-refractivity contribution in [1.29, 1.82) is 0 Å². The largest absolute Gasteiger partial charge is 0.379 e. The fourth-order valence-corrected chi connectivity index (χ4v) is 3.43. The van der Waals surface area contributed by atoms with Crippen molar-refractivity contribution in [3.63, 3.8) is 0 Å². The smallest absolute Gasteiger partial charge is 0.233 e. The van der Waals surface area contributed by atoms with Crippen molar-refractivity contribution in [2.45, 2.75) is 69.7 Å². The Hall–Kier alpha value is -0.940. The molecule has 0 radical (unpaired) electrons. The summed E-state index contributed by atoms with van der Waals surface area (Å²) in [6.45, 7) is 4.61. The summed E-state index contributed by atoms with van der Waals surface area (Å²) in [7, 11) is 0. The van der Waals surface area contributed by atoms with E-state index in [1.807, 2.05) is 0 Å². The summed E-state index contributed by atoms with van der Waals surface area (Å²) in [5.41, 5.74) is 0. The van der Waals surface area contributed by atoms with Crippen LogP contribution in [0.2, 0.25) is 0 Å². The van der Waals surface area contributed by atoms with Gasteiger partial charge in [-0.2, -0.15) is 4.98 Å². The minimum atomic E-state index is 0.212. The molecule has 2 heterocycles. The van der Waals surface area contributed by atoms with E-state index in [4.69, 9.17) is 14.2 Å². The summed E-state index contributed by atoms with van der Waals surface area (Å²) in [4.78, 5) is 4.72. The molecule has 1 saturated carbocycles. The van der Waals surface area contributed by atoms with Crippen molar-refractivity contribution in [1.82, 2.24) is 15.5 Å². The second-order valence-electron chi connectivity index (χ2n) is 6.38. The zero-order valence-corrected chi connectivity index (χ0v) is 13.0. The molecule has 0 bridgehead atoms. The molecule has 5 heteroatoms. The van der Waals surface area contributed by atoms with Crippen LogP contribution in [0.1, 0.15) is 75.4 Å². The maximum absolute atomic E-state index is 5.61.